The summed E-state index contributed by atoms with van der Waals surface area (Å²) in [6, 6.07) is 0. The van der Waals surface area contributed by atoms with E-state index in [0.29, 0.717) is 0 Å². The van der Waals surface area contributed by atoms with Gasteiger partial charge in [0.25, 0.3) is 0 Å². The molecule has 0 aromatic carbocycles. The number of hydrogen-bond acceptors (Lipinski definition) is 2. The molecule has 2 saturated carbocycles. The molecule has 2 amide bonds. The molecule has 1 atom stereocenters. The number of amides is 2. The zero-order valence-electron chi connectivity index (χ0n) is 16.4. The van der Waals surface area contributed by atoms with Crippen molar-refractivity contribution in [3.05, 3.63) is 0 Å². The van der Waals surface area contributed by atoms with Crippen LogP contribution in [0.4, 0.5) is 0 Å². The molecule has 0 heterocycles. The first-order valence-corrected chi connectivity index (χ1v) is 10.7. The van der Waals surface area contributed by atoms with E-state index in [4.69, 9.17) is 0 Å². The Kier molecular flexibility index (Phi) is 8.25. The Labute approximate surface area is 153 Å². The van der Waals surface area contributed by atoms with Gasteiger partial charge in [-0.25, -0.2) is 0 Å². The Morgan fingerprint density at radius 1 is 0.880 bits per heavy atom. The first-order chi connectivity index (χ1) is 12.1. The third kappa shape index (κ3) is 6.00. The Hall–Kier alpha value is -1.06. The number of rotatable bonds is 12. The molecule has 0 aromatic heterocycles. The lowest BCUT2D eigenvalue weighted by atomic mass is 9.75. The lowest BCUT2D eigenvalue weighted by Crippen LogP contribution is -2.42. The highest BCUT2D eigenvalue weighted by molar-refractivity contribution is 5.79. The van der Waals surface area contributed by atoms with Crippen LogP contribution in [-0.2, 0) is 9.59 Å². The van der Waals surface area contributed by atoms with E-state index in [2.05, 4.69) is 24.5 Å². The Morgan fingerprint density at radius 2 is 1.44 bits per heavy atom. The predicted molar refractivity (Wildman–Crippen MR) is 102 cm³/mol. The molecule has 0 aliphatic heterocycles. The maximum atomic E-state index is 12.2. The molecular formula is C21H38N2O2. The molecule has 1 unspecified atom stereocenters. The van der Waals surface area contributed by atoms with Crippen LogP contribution in [0.25, 0.3) is 0 Å². The van der Waals surface area contributed by atoms with Gasteiger partial charge in [0.15, 0.2) is 0 Å². The minimum absolute atomic E-state index is 0.191. The van der Waals surface area contributed by atoms with Crippen LogP contribution in [-0.4, -0.2) is 24.9 Å². The molecule has 2 fully saturated rings. The van der Waals surface area contributed by atoms with Crippen molar-refractivity contribution in [2.45, 2.75) is 90.9 Å². The molecule has 2 rings (SSSR count). The van der Waals surface area contributed by atoms with Crippen molar-refractivity contribution in [2.75, 3.05) is 13.1 Å². The molecule has 0 radical (unpaired) electrons. The quantitative estimate of drug-likeness (QED) is 0.519. The first kappa shape index (κ1) is 20.3. The van der Waals surface area contributed by atoms with Crippen molar-refractivity contribution < 1.29 is 9.59 Å². The third-order valence-corrected chi connectivity index (χ3v) is 6.58. The fraction of sp³-hybridized carbons (Fsp3) is 0.905. The van der Waals surface area contributed by atoms with Crippen molar-refractivity contribution in [1.82, 2.24) is 10.6 Å². The largest absolute Gasteiger partial charge is 0.356 e. The van der Waals surface area contributed by atoms with Crippen molar-refractivity contribution in [3.8, 4) is 0 Å². The lowest BCUT2D eigenvalue weighted by molar-refractivity contribution is -0.128. The molecule has 4 heteroatoms. The second-order valence-electron chi connectivity index (χ2n) is 8.33. The van der Waals surface area contributed by atoms with Crippen molar-refractivity contribution >= 4 is 11.8 Å². The molecule has 0 bridgehead atoms. The molecule has 25 heavy (non-hydrogen) atoms. The zero-order chi connectivity index (χ0) is 18.1. The van der Waals surface area contributed by atoms with Gasteiger partial charge in [-0.1, -0.05) is 39.5 Å². The maximum Gasteiger partial charge on any atom is 0.223 e. The van der Waals surface area contributed by atoms with Gasteiger partial charge in [0.2, 0.25) is 11.8 Å². The molecule has 0 aromatic rings. The summed E-state index contributed by atoms with van der Waals surface area (Å²) in [5.74, 6) is 1.05. The van der Waals surface area contributed by atoms with Crippen LogP contribution < -0.4 is 10.6 Å². The Morgan fingerprint density at radius 3 is 1.92 bits per heavy atom. The normalized spacial score (nSPS) is 20.2. The van der Waals surface area contributed by atoms with E-state index in [1.54, 1.807) is 0 Å². The minimum atomic E-state index is 0.191. The van der Waals surface area contributed by atoms with Gasteiger partial charge >= 0.3 is 0 Å². The highest BCUT2D eigenvalue weighted by Crippen LogP contribution is 2.34. The summed E-state index contributed by atoms with van der Waals surface area (Å²) in [7, 11) is 0. The summed E-state index contributed by atoms with van der Waals surface area (Å²) in [5, 5.41) is 6.36. The standard InChI is InChI=1S/C21H38N2O2/c1-3-5-13-21(4-2,16-23-20(25)18-11-7-12-18)14-8-15-22-19(24)17-9-6-10-17/h17-18H,3-16H2,1-2H3,(H,22,24)(H,23,25). The number of carbonyl (C=O) groups is 2. The van der Waals surface area contributed by atoms with Gasteiger partial charge in [-0.15, -0.1) is 0 Å². The topological polar surface area (TPSA) is 58.2 Å². The van der Waals surface area contributed by atoms with Gasteiger partial charge in [-0.3, -0.25) is 9.59 Å². The molecule has 2 aliphatic rings. The number of unbranched alkanes of at least 4 members (excludes halogenated alkanes) is 1. The molecule has 0 saturated heterocycles. The van der Waals surface area contributed by atoms with Gasteiger partial charge in [-0.05, 0) is 56.8 Å². The summed E-state index contributed by atoms with van der Waals surface area (Å²) in [6.07, 6.45) is 13.4. The van der Waals surface area contributed by atoms with E-state index in [1.165, 1.54) is 32.1 Å². The van der Waals surface area contributed by atoms with Crippen molar-refractivity contribution in [2.24, 2.45) is 17.3 Å². The SMILES string of the molecule is CCCCC(CC)(CCCNC(=O)C1CCC1)CNC(=O)C1CCC1. The molecule has 4 nitrogen and oxygen atoms in total. The summed E-state index contributed by atoms with van der Waals surface area (Å²) in [5.41, 5.74) is 0.191. The lowest BCUT2D eigenvalue weighted by Gasteiger charge is -2.35. The van der Waals surface area contributed by atoms with E-state index < -0.39 is 0 Å². The van der Waals surface area contributed by atoms with Crippen LogP contribution in [0.2, 0.25) is 0 Å². The highest BCUT2D eigenvalue weighted by Gasteiger charge is 2.31. The van der Waals surface area contributed by atoms with Gasteiger partial charge in [-0.2, -0.15) is 0 Å². The van der Waals surface area contributed by atoms with Gasteiger partial charge < -0.3 is 10.6 Å². The fourth-order valence-electron chi connectivity index (χ4n) is 3.91. The van der Waals surface area contributed by atoms with Crippen molar-refractivity contribution in [1.29, 1.82) is 0 Å². The molecule has 0 spiro atoms. The summed E-state index contributed by atoms with van der Waals surface area (Å²) in [6.45, 7) is 6.06. The molecule has 2 aliphatic carbocycles. The Balaban J connectivity index is 1.75. The van der Waals surface area contributed by atoms with Gasteiger partial charge in [0.05, 0.1) is 0 Å². The average Bonchev–Trinajstić information content (AvgIpc) is 2.50. The van der Waals surface area contributed by atoms with E-state index in [0.717, 1.165) is 58.0 Å². The van der Waals surface area contributed by atoms with Crippen LogP contribution in [0, 0.1) is 17.3 Å². The van der Waals surface area contributed by atoms with Crippen LogP contribution in [0.5, 0.6) is 0 Å². The summed E-state index contributed by atoms with van der Waals surface area (Å²) < 4.78 is 0. The zero-order valence-corrected chi connectivity index (χ0v) is 16.4. The minimum Gasteiger partial charge on any atom is -0.356 e. The number of hydrogen-bond donors (Lipinski definition) is 2. The smallest absolute Gasteiger partial charge is 0.223 e. The van der Waals surface area contributed by atoms with E-state index >= 15 is 0 Å². The maximum absolute atomic E-state index is 12.2. The van der Waals surface area contributed by atoms with Crippen LogP contribution >= 0.6 is 0 Å². The summed E-state index contributed by atoms with van der Waals surface area (Å²) in [4.78, 5) is 24.2. The molecule has 2 N–H and O–H groups in total. The number of carbonyl (C=O) groups excluding carboxylic acids is 2. The highest BCUT2D eigenvalue weighted by atomic mass is 16.2. The molecular weight excluding hydrogens is 312 g/mol. The van der Waals surface area contributed by atoms with Crippen molar-refractivity contribution in [3.63, 3.8) is 0 Å². The number of nitrogens with one attached hydrogen (secondary N) is 2. The second kappa shape index (κ2) is 10.2. The van der Waals surface area contributed by atoms with E-state index in [1.807, 2.05) is 0 Å². The Bertz CT molecular complexity index is 430. The third-order valence-electron chi connectivity index (χ3n) is 6.58. The second-order valence-corrected chi connectivity index (χ2v) is 8.33. The van der Waals surface area contributed by atoms with E-state index in [-0.39, 0.29) is 29.1 Å². The van der Waals surface area contributed by atoms with Gasteiger partial charge in [0.1, 0.15) is 0 Å². The average molecular weight is 351 g/mol. The molecule has 144 valence electrons. The first-order valence-electron chi connectivity index (χ1n) is 10.7. The van der Waals surface area contributed by atoms with Crippen LogP contribution in [0.15, 0.2) is 0 Å². The monoisotopic (exact) mass is 350 g/mol. The summed E-state index contributed by atoms with van der Waals surface area (Å²) >= 11 is 0. The predicted octanol–water partition coefficient (Wildman–Crippen LogP) is 4.19. The van der Waals surface area contributed by atoms with E-state index in [9.17, 15) is 9.59 Å². The van der Waals surface area contributed by atoms with Gasteiger partial charge in [0, 0.05) is 24.9 Å². The van der Waals surface area contributed by atoms with Crippen LogP contribution in [0.3, 0.4) is 0 Å². The van der Waals surface area contributed by atoms with Crippen LogP contribution in [0.1, 0.15) is 90.9 Å². The fourth-order valence-corrected chi connectivity index (χ4v) is 3.91.